The lowest BCUT2D eigenvalue weighted by molar-refractivity contribution is 0.311. The summed E-state index contributed by atoms with van der Waals surface area (Å²) in [5.74, 6) is 1.09. The number of rotatable bonds is 6. The summed E-state index contributed by atoms with van der Waals surface area (Å²) in [6, 6.07) is 63.4. The van der Waals surface area contributed by atoms with E-state index in [0.717, 1.165) is 56.5 Å². The van der Waals surface area contributed by atoms with Crippen LogP contribution < -0.4 is 5.32 Å². The fourth-order valence-electron chi connectivity index (χ4n) is 8.75. The van der Waals surface area contributed by atoms with Gasteiger partial charge in [0.15, 0.2) is 0 Å². The van der Waals surface area contributed by atoms with E-state index in [-0.39, 0.29) is 18.0 Å². The number of pyridine rings is 1. The third kappa shape index (κ3) is 5.52. The van der Waals surface area contributed by atoms with Gasteiger partial charge in [0.05, 0.1) is 17.6 Å². The fourth-order valence-corrected chi connectivity index (χ4v) is 8.75. The Bertz CT molecular complexity index is 2800. The first-order valence-corrected chi connectivity index (χ1v) is 19.0. The van der Waals surface area contributed by atoms with Gasteiger partial charge in [0.1, 0.15) is 5.84 Å². The van der Waals surface area contributed by atoms with Crippen LogP contribution in [0.5, 0.6) is 0 Å². The first-order valence-electron chi connectivity index (χ1n) is 19.0. The van der Waals surface area contributed by atoms with Crippen molar-refractivity contribution in [2.75, 3.05) is 0 Å². The second-order valence-electron chi connectivity index (χ2n) is 14.5. The number of amidine groups is 1. The molecule has 8 aromatic carbocycles. The number of benzene rings is 8. The summed E-state index contributed by atoms with van der Waals surface area (Å²) < 4.78 is 0. The summed E-state index contributed by atoms with van der Waals surface area (Å²) in [6.45, 7) is 2.30. The van der Waals surface area contributed by atoms with Gasteiger partial charge >= 0.3 is 0 Å². The van der Waals surface area contributed by atoms with E-state index in [1.54, 1.807) is 0 Å². The Kier molecular flexibility index (Phi) is 7.99. The summed E-state index contributed by atoms with van der Waals surface area (Å²) >= 11 is 0. The molecule has 0 amide bonds. The van der Waals surface area contributed by atoms with E-state index in [1.807, 2.05) is 0 Å². The van der Waals surface area contributed by atoms with Gasteiger partial charge in [-0.05, 0) is 78.9 Å². The van der Waals surface area contributed by atoms with Crippen LogP contribution in [-0.4, -0.2) is 10.8 Å². The van der Waals surface area contributed by atoms with Crippen molar-refractivity contribution in [2.45, 2.75) is 25.4 Å². The molecule has 0 fully saturated rings. The van der Waals surface area contributed by atoms with Crippen LogP contribution in [0.15, 0.2) is 187 Å². The van der Waals surface area contributed by atoms with Crippen molar-refractivity contribution in [3.8, 4) is 22.3 Å². The highest BCUT2D eigenvalue weighted by Crippen LogP contribution is 2.44. The van der Waals surface area contributed by atoms with Crippen molar-refractivity contribution in [3.63, 3.8) is 0 Å². The normalized spacial score (nSPS) is 17.1. The molecular weight excluding hydrogens is 655 g/mol. The van der Waals surface area contributed by atoms with Gasteiger partial charge in [-0.2, -0.15) is 0 Å². The molecule has 0 bridgehead atoms. The highest BCUT2D eigenvalue weighted by molar-refractivity contribution is 6.16. The molecule has 1 aliphatic rings. The Morgan fingerprint density at radius 1 is 0.500 bits per heavy atom. The summed E-state index contributed by atoms with van der Waals surface area (Å²) in [6.07, 6.45) is 3.04. The van der Waals surface area contributed by atoms with Gasteiger partial charge < -0.3 is 5.32 Å². The summed E-state index contributed by atoms with van der Waals surface area (Å²) in [4.78, 5) is 11.0. The SMILES string of the molecule is CCC1C(c2cnc3c(ccc4c5ccccc5ccc43)c2)N=C(c2c(-c3ccccc3)cccc2-c2ccccc2)NC1c1ccc2ccccc2c1. The first-order chi connectivity index (χ1) is 26.7. The van der Waals surface area contributed by atoms with Crippen molar-refractivity contribution in [2.24, 2.45) is 10.9 Å². The van der Waals surface area contributed by atoms with Crippen LogP contribution in [0.2, 0.25) is 0 Å². The molecule has 10 rings (SSSR count). The zero-order chi connectivity index (χ0) is 36.0. The molecule has 258 valence electrons. The quantitative estimate of drug-likeness (QED) is 0.176. The smallest absolute Gasteiger partial charge is 0.130 e. The zero-order valence-electron chi connectivity index (χ0n) is 30.2. The fraction of sp³-hybridized carbons (Fsp3) is 0.0980. The van der Waals surface area contributed by atoms with E-state index in [0.29, 0.717) is 0 Å². The van der Waals surface area contributed by atoms with E-state index >= 15 is 0 Å². The van der Waals surface area contributed by atoms with Crippen LogP contribution >= 0.6 is 0 Å². The molecule has 0 saturated heterocycles. The van der Waals surface area contributed by atoms with Gasteiger partial charge in [-0.1, -0.05) is 171 Å². The third-order valence-corrected chi connectivity index (χ3v) is 11.4. The standard InChI is InChI=1S/C51H39N3/c1-2-41-49(39-25-24-33-14-9-10-20-37(33)30-39)53-51(47-43(34-15-5-3-6-16-34)22-13-23-44(47)35-17-7-4-8-18-35)54-50(41)40-31-38-27-28-45-42-21-12-11-19-36(42)26-29-46(45)48(38)52-32-40/h3-32,41,49-50H,2H2,1H3,(H,53,54). The molecule has 3 unspecified atom stereocenters. The molecule has 3 atom stereocenters. The Morgan fingerprint density at radius 3 is 1.85 bits per heavy atom. The predicted molar refractivity (Wildman–Crippen MR) is 227 cm³/mol. The van der Waals surface area contributed by atoms with Crippen LogP contribution in [0.1, 0.15) is 42.1 Å². The molecule has 0 aliphatic carbocycles. The van der Waals surface area contributed by atoms with Gasteiger partial charge in [0, 0.05) is 28.5 Å². The molecule has 3 heteroatoms. The number of nitrogens with zero attached hydrogens (tertiary/aromatic N) is 2. The molecule has 3 nitrogen and oxygen atoms in total. The number of aromatic nitrogens is 1. The molecule has 2 heterocycles. The van der Waals surface area contributed by atoms with E-state index in [1.165, 1.54) is 37.9 Å². The highest BCUT2D eigenvalue weighted by Gasteiger charge is 2.37. The molecule has 9 aromatic rings. The second-order valence-corrected chi connectivity index (χ2v) is 14.5. The van der Waals surface area contributed by atoms with Gasteiger partial charge in [-0.25, -0.2) is 0 Å². The third-order valence-electron chi connectivity index (χ3n) is 11.4. The van der Waals surface area contributed by atoms with E-state index in [4.69, 9.17) is 9.98 Å². The van der Waals surface area contributed by atoms with Crippen molar-refractivity contribution in [1.29, 1.82) is 0 Å². The number of fused-ring (bicyclic) bond motifs is 6. The average molecular weight is 694 g/mol. The van der Waals surface area contributed by atoms with Crippen molar-refractivity contribution in [3.05, 3.63) is 199 Å². The van der Waals surface area contributed by atoms with Gasteiger partial charge in [0.25, 0.3) is 0 Å². The molecule has 0 spiro atoms. The summed E-state index contributed by atoms with van der Waals surface area (Å²) in [7, 11) is 0. The van der Waals surface area contributed by atoms with E-state index in [2.05, 4.69) is 194 Å². The molecule has 1 N–H and O–H groups in total. The largest absolute Gasteiger partial charge is 0.363 e. The summed E-state index contributed by atoms with van der Waals surface area (Å²) in [5.41, 5.74) is 9.19. The predicted octanol–water partition coefficient (Wildman–Crippen LogP) is 12.9. The minimum atomic E-state index is -0.126. The van der Waals surface area contributed by atoms with Gasteiger partial charge in [0.2, 0.25) is 0 Å². The number of hydrogen-bond donors (Lipinski definition) is 1. The topological polar surface area (TPSA) is 37.3 Å². The second kappa shape index (κ2) is 13.4. The van der Waals surface area contributed by atoms with E-state index in [9.17, 15) is 0 Å². The van der Waals surface area contributed by atoms with Crippen LogP contribution in [-0.2, 0) is 0 Å². The minimum Gasteiger partial charge on any atom is -0.363 e. The Morgan fingerprint density at radius 2 is 1.11 bits per heavy atom. The Balaban J connectivity index is 1.20. The zero-order valence-corrected chi connectivity index (χ0v) is 30.2. The van der Waals surface area contributed by atoms with Crippen LogP contribution in [0.4, 0.5) is 0 Å². The molecule has 0 radical (unpaired) electrons. The first kappa shape index (κ1) is 32.1. The maximum Gasteiger partial charge on any atom is 0.130 e. The average Bonchev–Trinajstić information content (AvgIpc) is 3.25. The number of hydrogen-bond acceptors (Lipinski definition) is 3. The Labute approximate surface area is 315 Å². The van der Waals surface area contributed by atoms with Gasteiger partial charge in [-0.15, -0.1) is 0 Å². The monoisotopic (exact) mass is 693 g/mol. The molecular formula is C51H39N3. The van der Waals surface area contributed by atoms with E-state index < -0.39 is 0 Å². The van der Waals surface area contributed by atoms with Gasteiger partial charge in [-0.3, -0.25) is 9.98 Å². The minimum absolute atomic E-state index is 0.0169. The number of aliphatic imine (C=N–C) groups is 1. The molecule has 1 aliphatic heterocycles. The summed E-state index contributed by atoms with van der Waals surface area (Å²) in [5, 5.41) is 12.6. The number of nitrogens with one attached hydrogen (secondary N) is 1. The van der Waals surface area contributed by atoms with Crippen LogP contribution in [0.3, 0.4) is 0 Å². The maximum absolute atomic E-state index is 5.76. The van der Waals surface area contributed by atoms with Crippen molar-refractivity contribution >= 4 is 49.1 Å². The maximum atomic E-state index is 5.76. The highest BCUT2D eigenvalue weighted by atomic mass is 15.1. The van der Waals surface area contributed by atoms with Crippen molar-refractivity contribution in [1.82, 2.24) is 10.3 Å². The lowest BCUT2D eigenvalue weighted by Crippen LogP contribution is -2.41. The van der Waals surface area contributed by atoms with Crippen molar-refractivity contribution < 1.29 is 0 Å². The molecule has 54 heavy (non-hydrogen) atoms. The lowest BCUT2D eigenvalue weighted by atomic mass is 9.79. The van der Waals surface area contributed by atoms with Crippen LogP contribution in [0, 0.1) is 5.92 Å². The Hall–Kier alpha value is -6.58. The molecule has 0 saturated carbocycles. The molecule has 1 aromatic heterocycles. The van der Waals surface area contributed by atoms with Crippen LogP contribution in [0.25, 0.3) is 65.5 Å². The lowest BCUT2D eigenvalue weighted by Gasteiger charge is -2.39.